The molecule has 4 heteroatoms. The fraction of sp³-hybridized carbons (Fsp3) is 0.800. The van der Waals surface area contributed by atoms with Gasteiger partial charge in [0.25, 0.3) is 0 Å². The maximum atomic E-state index is 9.76. The molecular formula is C5H9NaO2S. The van der Waals surface area contributed by atoms with Gasteiger partial charge in [-0.3, -0.25) is 0 Å². The van der Waals surface area contributed by atoms with Crippen molar-refractivity contribution in [2.45, 2.75) is 25.0 Å². The predicted molar refractivity (Wildman–Crippen MR) is 32.7 cm³/mol. The number of carboxylic acid groups (broad SMARTS) is 1. The van der Waals surface area contributed by atoms with Crippen molar-refractivity contribution in [2.75, 3.05) is 0 Å². The van der Waals surface area contributed by atoms with E-state index in [-0.39, 0.29) is 41.2 Å². The molecule has 1 atom stereocenters. The Labute approximate surface area is 82.7 Å². The second kappa shape index (κ2) is 6.93. The minimum atomic E-state index is -0.995. The summed E-state index contributed by atoms with van der Waals surface area (Å²) in [6, 6.07) is 0. The zero-order chi connectivity index (χ0) is 6.57. The molecule has 0 aliphatic carbocycles. The second-order valence-corrected chi connectivity index (χ2v) is 2.64. The molecule has 1 unspecified atom stereocenters. The van der Waals surface area contributed by atoms with Gasteiger partial charge in [0.1, 0.15) is 0 Å². The molecular weight excluding hydrogens is 147 g/mol. The van der Waals surface area contributed by atoms with Gasteiger partial charge in [-0.2, -0.15) is 12.6 Å². The Morgan fingerprint density at radius 3 is 2.33 bits per heavy atom. The normalized spacial score (nSPS) is 11.8. The van der Waals surface area contributed by atoms with Crippen molar-refractivity contribution < 1.29 is 39.5 Å². The molecule has 0 saturated heterocycles. The third-order valence-electron chi connectivity index (χ3n) is 0.766. The van der Waals surface area contributed by atoms with Crippen molar-refractivity contribution in [1.82, 2.24) is 0 Å². The molecule has 48 valence electrons. The summed E-state index contributed by atoms with van der Waals surface area (Å²) in [4.78, 5) is 9.76. The van der Waals surface area contributed by atoms with Gasteiger partial charge in [-0.15, -0.1) is 0 Å². The quantitative estimate of drug-likeness (QED) is 0.346. The van der Waals surface area contributed by atoms with E-state index in [0.717, 1.165) is 0 Å². The van der Waals surface area contributed by atoms with E-state index < -0.39 is 5.97 Å². The molecule has 0 aliphatic rings. The molecule has 0 amide bonds. The molecule has 0 bridgehead atoms. The number of carbonyl (C=O) groups is 1. The second-order valence-electron chi connectivity index (χ2n) is 1.76. The smallest absolute Gasteiger partial charge is 0.550 e. The molecule has 0 fully saturated rings. The van der Waals surface area contributed by atoms with E-state index in [9.17, 15) is 9.90 Å². The topological polar surface area (TPSA) is 40.1 Å². The predicted octanol–water partition coefficient (Wildman–Crippen LogP) is -3.16. The number of thiol groups is 1. The van der Waals surface area contributed by atoms with Crippen molar-refractivity contribution in [3.63, 3.8) is 0 Å². The summed E-state index contributed by atoms with van der Waals surface area (Å²) in [6.45, 7) is 1.85. The van der Waals surface area contributed by atoms with E-state index in [0.29, 0.717) is 6.42 Å². The Kier molecular flexibility index (Phi) is 9.62. The average molecular weight is 156 g/mol. The van der Waals surface area contributed by atoms with Crippen LogP contribution in [-0.4, -0.2) is 11.2 Å². The summed E-state index contributed by atoms with van der Waals surface area (Å²) in [6.07, 6.45) is 0.704. The van der Waals surface area contributed by atoms with Crippen LogP contribution in [0.15, 0.2) is 0 Å². The van der Waals surface area contributed by atoms with Gasteiger partial charge in [0.15, 0.2) is 0 Å². The standard InChI is InChI=1S/C5H10O2S.Na/c1-4(8)2-3-5(6)7;/h4,8H,2-3H2,1H3,(H,6,7);/q;+1/p-1. The third-order valence-corrected chi connectivity index (χ3v) is 1.02. The SMILES string of the molecule is CC(S)CCC(=O)[O-].[Na+]. The maximum absolute atomic E-state index is 9.76. The van der Waals surface area contributed by atoms with Crippen LogP contribution >= 0.6 is 12.6 Å². The molecule has 0 spiro atoms. The fourth-order valence-electron chi connectivity index (χ4n) is 0.327. The summed E-state index contributed by atoms with van der Waals surface area (Å²) in [5.74, 6) is -0.995. The molecule has 0 rings (SSSR count). The first-order chi connectivity index (χ1) is 3.63. The van der Waals surface area contributed by atoms with E-state index in [1.807, 2.05) is 6.92 Å². The van der Waals surface area contributed by atoms with Crippen LogP contribution in [0, 0.1) is 0 Å². The van der Waals surface area contributed by atoms with Crippen LogP contribution in [0.2, 0.25) is 0 Å². The molecule has 0 heterocycles. The van der Waals surface area contributed by atoms with Crippen molar-refractivity contribution in [3.8, 4) is 0 Å². The average Bonchev–Trinajstić information content (AvgIpc) is 1.61. The first kappa shape index (κ1) is 12.5. The van der Waals surface area contributed by atoms with Gasteiger partial charge in [-0.25, -0.2) is 0 Å². The zero-order valence-corrected chi connectivity index (χ0v) is 8.65. The Morgan fingerprint density at radius 2 is 2.22 bits per heavy atom. The molecule has 2 nitrogen and oxygen atoms in total. The van der Waals surface area contributed by atoms with Gasteiger partial charge in [0.2, 0.25) is 0 Å². The Bertz CT molecular complexity index is 85.0. The Morgan fingerprint density at radius 1 is 1.78 bits per heavy atom. The van der Waals surface area contributed by atoms with Crippen LogP contribution in [-0.2, 0) is 4.79 Å². The number of aliphatic carboxylic acids is 1. The molecule has 0 aliphatic heterocycles. The van der Waals surface area contributed by atoms with E-state index in [2.05, 4.69) is 12.6 Å². The minimum absolute atomic E-state index is 0. The molecule has 0 aromatic heterocycles. The van der Waals surface area contributed by atoms with Crippen molar-refractivity contribution >= 4 is 18.6 Å². The molecule has 0 N–H and O–H groups in total. The van der Waals surface area contributed by atoms with Crippen LogP contribution in [0.3, 0.4) is 0 Å². The number of hydrogen-bond acceptors (Lipinski definition) is 3. The zero-order valence-electron chi connectivity index (χ0n) is 5.76. The van der Waals surface area contributed by atoms with Crippen LogP contribution in [0.4, 0.5) is 0 Å². The monoisotopic (exact) mass is 156 g/mol. The molecule has 0 aromatic carbocycles. The maximum Gasteiger partial charge on any atom is 1.00 e. The van der Waals surface area contributed by atoms with Crippen LogP contribution in [0.5, 0.6) is 0 Å². The molecule has 0 aromatic rings. The molecule has 0 radical (unpaired) electrons. The summed E-state index contributed by atoms with van der Waals surface area (Å²) in [5.41, 5.74) is 0. The number of carbonyl (C=O) groups excluding carboxylic acids is 1. The largest absolute Gasteiger partial charge is 1.00 e. The van der Waals surface area contributed by atoms with E-state index in [1.54, 1.807) is 0 Å². The van der Waals surface area contributed by atoms with Crippen LogP contribution in [0.25, 0.3) is 0 Å². The van der Waals surface area contributed by atoms with Gasteiger partial charge in [0.05, 0.1) is 0 Å². The Balaban J connectivity index is 0. The third kappa shape index (κ3) is 12.1. The molecule has 0 saturated carbocycles. The minimum Gasteiger partial charge on any atom is -0.550 e. The summed E-state index contributed by atoms with van der Waals surface area (Å²) in [7, 11) is 0. The number of hydrogen-bond donors (Lipinski definition) is 1. The van der Waals surface area contributed by atoms with Crippen molar-refractivity contribution in [2.24, 2.45) is 0 Å². The molecule has 9 heavy (non-hydrogen) atoms. The van der Waals surface area contributed by atoms with Gasteiger partial charge < -0.3 is 9.90 Å². The van der Waals surface area contributed by atoms with E-state index in [1.165, 1.54) is 0 Å². The number of rotatable bonds is 3. The first-order valence-electron chi connectivity index (χ1n) is 2.51. The summed E-state index contributed by atoms with van der Waals surface area (Å²) in [5, 5.41) is 9.92. The van der Waals surface area contributed by atoms with E-state index >= 15 is 0 Å². The summed E-state index contributed by atoms with van der Waals surface area (Å²) >= 11 is 3.98. The fourth-order valence-corrected chi connectivity index (χ4v) is 0.456. The van der Waals surface area contributed by atoms with Gasteiger partial charge in [-0.1, -0.05) is 6.92 Å². The van der Waals surface area contributed by atoms with E-state index in [4.69, 9.17) is 0 Å². The van der Waals surface area contributed by atoms with Gasteiger partial charge in [0, 0.05) is 5.97 Å². The Hall–Kier alpha value is 0.820. The van der Waals surface area contributed by atoms with Crippen molar-refractivity contribution in [3.05, 3.63) is 0 Å². The van der Waals surface area contributed by atoms with Crippen molar-refractivity contribution in [1.29, 1.82) is 0 Å². The van der Waals surface area contributed by atoms with Gasteiger partial charge >= 0.3 is 29.6 Å². The van der Waals surface area contributed by atoms with Crippen LogP contribution < -0.4 is 34.7 Å². The van der Waals surface area contributed by atoms with Crippen LogP contribution in [0.1, 0.15) is 19.8 Å². The van der Waals surface area contributed by atoms with Gasteiger partial charge in [-0.05, 0) is 18.1 Å². The number of carboxylic acids is 1. The first-order valence-corrected chi connectivity index (χ1v) is 3.02. The summed E-state index contributed by atoms with van der Waals surface area (Å²) < 4.78 is 0.